The molecule has 0 unspecified atom stereocenters. The smallest absolute Gasteiger partial charge is 0.139 e. The van der Waals surface area contributed by atoms with Gasteiger partial charge in [-0.3, -0.25) is 0 Å². The molecule has 0 amide bonds. The normalized spacial score (nSPS) is 11.0. The van der Waals surface area contributed by atoms with Crippen LogP contribution in [0, 0.1) is 6.92 Å². The molecule has 0 aliphatic heterocycles. The number of nitrogens with one attached hydrogen (secondary N) is 2. The third-order valence-corrected chi connectivity index (χ3v) is 4.14. The van der Waals surface area contributed by atoms with Crippen molar-refractivity contribution in [3.8, 4) is 0 Å². The lowest BCUT2D eigenvalue weighted by atomic mass is 10.2. The fourth-order valence-corrected chi connectivity index (χ4v) is 2.88. The summed E-state index contributed by atoms with van der Waals surface area (Å²) in [5, 5.41) is 4.51. The lowest BCUT2D eigenvalue weighted by Crippen LogP contribution is -2.04. The van der Waals surface area contributed by atoms with E-state index < -0.39 is 0 Å². The molecule has 19 heavy (non-hydrogen) atoms. The minimum atomic E-state index is 0.927. The van der Waals surface area contributed by atoms with Gasteiger partial charge in [-0.25, -0.2) is 9.97 Å². The van der Waals surface area contributed by atoms with Crippen LogP contribution >= 0.6 is 11.3 Å². The number of hydrogen-bond acceptors (Lipinski definition) is 4. The summed E-state index contributed by atoms with van der Waals surface area (Å²) in [6.45, 7) is 3.00. The Morgan fingerprint density at radius 2 is 2.26 bits per heavy atom. The molecule has 2 N–H and O–H groups in total. The maximum atomic E-state index is 4.51. The Kier molecular flexibility index (Phi) is 3.46. The van der Waals surface area contributed by atoms with E-state index in [-0.39, 0.29) is 0 Å². The number of anilines is 1. The van der Waals surface area contributed by atoms with Gasteiger partial charge in [-0.15, -0.1) is 11.3 Å². The maximum absolute atomic E-state index is 4.51. The lowest BCUT2D eigenvalue weighted by Gasteiger charge is -2.05. The summed E-state index contributed by atoms with van der Waals surface area (Å²) in [7, 11) is 0. The highest BCUT2D eigenvalue weighted by molar-refractivity contribution is 7.09. The molecule has 3 heterocycles. The van der Waals surface area contributed by atoms with Crippen molar-refractivity contribution >= 4 is 28.2 Å². The Hall–Kier alpha value is -1.88. The first-order valence-electron chi connectivity index (χ1n) is 6.40. The molecule has 3 rings (SSSR count). The number of hydrogen-bond donors (Lipinski definition) is 2. The first-order valence-corrected chi connectivity index (χ1v) is 7.28. The first kappa shape index (κ1) is 12.2. The van der Waals surface area contributed by atoms with E-state index in [4.69, 9.17) is 0 Å². The lowest BCUT2D eigenvalue weighted by molar-refractivity contribution is 0.863. The molecule has 3 aromatic heterocycles. The molecule has 5 heteroatoms. The molecule has 0 saturated carbocycles. The van der Waals surface area contributed by atoms with Gasteiger partial charge in [-0.1, -0.05) is 0 Å². The summed E-state index contributed by atoms with van der Waals surface area (Å²) < 4.78 is 0. The molecule has 0 fully saturated rings. The van der Waals surface area contributed by atoms with Crippen LogP contribution in [-0.4, -0.2) is 21.5 Å². The van der Waals surface area contributed by atoms with E-state index in [9.17, 15) is 0 Å². The highest BCUT2D eigenvalue weighted by Gasteiger charge is 2.01. The second-order valence-electron chi connectivity index (χ2n) is 4.50. The average molecular weight is 272 g/mol. The summed E-state index contributed by atoms with van der Waals surface area (Å²) >= 11 is 1.74. The molecule has 3 aromatic rings. The van der Waals surface area contributed by atoms with Crippen LogP contribution < -0.4 is 5.32 Å². The molecule has 0 radical (unpaired) electrons. The minimum absolute atomic E-state index is 0.927. The quantitative estimate of drug-likeness (QED) is 0.700. The minimum Gasteiger partial charge on any atom is -0.370 e. The molecule has 98 valence electrons. The van der Waals surface area contributed by atoms with Crippen molar-refractivity contribution in [2.75, 3.05) is 11.9 Å². The fourth-order valence-electron chi connectivity index (χ4n) is 2.06. The standard InChI is InChI=1S/C14H16N4S/c1-10-12(19-9-17-10)3-2-7-15-13-5-4-11-6-8-16-14(11)18-13/h4-6,8-9H,2-3,7H2,1H3,(H2,15,16,18). The summed E-state index contributed by atoms with van der Waals surface area (Å²) in [6.07, 6.45) is 4.08. The van der Waals surface area contributed by atoms with Gasteiger partial charge in [0.15, 0.2) is 0 Å². The Bertz CT molecular complexity index is 671. The van der Waals surface area contributed by atoms with Crippen molar-refractivity contribution in [2.45, 2.75) is 19.8 Å². The van der Waals surface area contributed by atoms with E-state index in [0.717, 1.165) is 41.9 Å². The van der Waals surface area contributed by atoms with E-state index in [1.807, 2.05) is 23.8 Å². The van der Waals surface area contributed by atoms with Crippen molar-refractivity contribution in [3.05, 3.63) is 40.5 Å². The van der Waals surface area contributed by atoms with Gasteiger partial charge in [0.1, 0.15) is 11.5 Å². The van der Waals surface area contributed by atoms with Gasteiger partial charge < -0.3 is 10.3 Å². The number of fused-ring (bicyclic) bond motifs is 1. The van der Waals surface area contributed by atoms with Crippen molar-refractivity contribution in [1.29, 1.82) is 0 Å². The topological polar surface area (TPSA) is 53.6 Å². The summed E-state index contributed by atoms with van der Waals surface area (Å²) in [5.74, 6) is 0.927. The van der Waals surface area contributed by atoms with Crippen LogP contribution in [0.2, 0.25) is 0 Å². The zero-order valence-electron chi connectivity index (χ0n) is 10.8. The van der Waals surface area contributed by atoms with E-state index in [2.05, 4.69) is 33.3 Å². The van der Waals surface area contributed by atoms with Crippen molar-refractivity contribution in [3.63, 3.8) is 0 Å². The number of aryl methyl sites for hydroxylation is 2. The van der Waals surface area contributed by atoms with Crippen molar-refractivity contribution < 1.29 is 0 Å². The van der Waals surface area contributed by atoms with Crippen LogP contribution in [0.15, 0.2) is 29.9 Å². The molecule has 0 aliphatic rings. The van der Waals surface area contributed by atoms with Crippen LogP contribution in [-0.2, 0) is 6.42 Å². The first-order chi connectivity index (χ1) is 9.33. The molecule has 0 aromatic carbocycles. The predicted molar refractivity (Wildman–Crippen MR) is 79.8 cm³/mol. The zero-order valence-corrected chi connectivity index (χ0v) is 11.6. The van der Waals surface area contributed by atoms with E-state index in [1.165, 1.54) is 4.88 Å². The second kappa shape index (κ2) is 5.40. The van der Waals surface area contributed by atoms with Crippen LogP contribution in [0.4, 0.5) is 5.82 Å². The number of aromatic amines is 1. The van der Waals surface area contributed by atoms with Gasteiger partial charge in [0.05, 0.1) is 11.2 Å². The molecule has 0 atom stereocenters. The molecule has 0 saturated heterocycles. The van der Waals surface area contributed by atoms with Crippen molar-refractivity contribution in [2.24, 2.45) is 0 Å². The number of thiazole rings is 1. The molecular weight excluding hydrogens is 256 g/mol. The average Bonchev–Trinajstić information content (AvgIpc) is 3.03. The van der Waals surface area contributed by atoms with Gasteiger partial charge in [0.25, 0.3) is 0 Å². The largest absolute Gasteiger partial charge is 0.370 e. The van der Waals surface area contributed by atoms with Crippen LogP contribution in [0.1, 0.15) is 17.0 Å². The highest BCUT2D eigenvalue weighted by atomic mass is 32.1. The second-order valence-corrected chi connectivity index (χ2v) is 5.44. The number of H-pyrrole nitrogens is 1. The SMILES string of the molecule is Cc1ncsc1CCCNc1ccc2cc[nH]c2n1. The van der Waals surface area contributed by atoms with Crippen molar-refractivity contribution in [1.82, 2.24) is 15.0 Å². The number of pyridine rings is 1. The van der Waals surface area contributed by atoms with Gasteiger partial charge in [0.2, 0.25) is 0 Å². The van der Waals surface area contributed by atoms with Crippen LogP contribution in [0.5, 0.6) is 0 Å². The van der Waals surface area contributed by atoms with Crippen LogP contribution in [0.25, 0.3) is 11.0 Å². The Morgan fingerprint density at radius 1 is 1.32 bits per heavy atom. The van der Waals surface area contributed by atoms with E-state index >= 15 is 0 Å². The third-order valence-electron chi connectivity index (χ3n) is 3.14. The van der Waals surface area contributed by atoms with Gasteiger partial charge >= 0.3 is 0 Å². The monoisotopic (exact) mass is 272 g/mol. The molecular formula is C14H16N4S. The third kappa shape index (κ3) is 2.76. The fraction of sp³-hybridized carbons (Fsp3) is 0.286. The van der Waals surface area contributed by atoms with Gasteiger partial charge in [0, 0.05) is 23.0 Å². The van der Waals surface area contributed by atoms with E-state index in [0.29, 0.717) is 0 Å². The van der Waals surface area contributed by atoms with E-state index in [1.54, 1.807) is 11.3 Å². The predicted octanol–water partition coefficient (Wildman–Crippen LogP) is 3.37. The summed E-state index contributed by atoms with van der Waals surface area (Å²) in [6, 6.07) is 6.13. The number of aromatic nitrogens is 3. The Balaban J connectivity index is 1.53. The number of nitrogens with zero attached hydrogens (tertiary/aromatic N) is 2. The Morgan fingerprint density at radius 3 is 3.11 bits per heavy atom. The Labute approximate surface area is 115 Å². The molecule has 4 nitrogen and oxygen atoms in total. The molecule has 0 aliphatic carbocycles. The molecule has 0 bridgehead atoms. The summed E-state index contributed by atoms with van der Waals surface area (Å²) in [4.78, 5) is 13.3. The summed E-state index contributed by atoms with van der Waals surface area (Å²) in [5.41, 5.74) is 4.01. The van der Waals surface area contributed by atoms with Crippen LogP contribution in [0.3, 0.4) is 0 Å². The van der Waals surface area contributed by atoms with Gasteiger partial charge in [-0.05, 0) is 38.0 Å². The maximum Gasteiger partial charge on any atom is 0.139 e. The zero-order chi connectivity index (χ0) is 13.1. The molecule has 0 spiro atoms. The number of rotatable bonds is 5. The highest BCUT2D eigenvalue weighted by Crippen LogP contribution is 2.15. The van der Waals surface area contributed by atoms with Gasteiger partial charge in [-0.2, -0.15) is 0 Å².